The molecule has 1 saturated heterocycles. The number of rotatable bonds is 4. The van der Waals surface area contributed by atoms with Gasteiger partial charge in [-0.05, 0) is 36.4 Å². The van der Waals surface area contributed by atoms with E-state index in [0.717, 1.165) is 24.9 Å². The van der Waals surface area contributed by atoms with Crippen LogP contribution >= 0.6 is 0 Å². The van der Waals surface area contributed by atoms with Gasteiger partial charge >= 0.3 is 0 Å². The molecule has 0 radical (unpaired) electrons. The van der Waals surface area contributed by atoms with Gasteiger partial charge in [-0.25, -0.2) is 0 Å². The number of hydrogen-bond donors (Lipinski definition) is 2. The lowest BCUT2D eigenvalue weighted by Crippen LogP contribution is -2.39. The van der Waals surface area contributed by atoms with Crippen molar-refractivity contribution in [1.29, 1.82) is 0 Å². The molecule has 3 nitrogen and oxygen atoms in total. The van der Waals surface area contributed by atoms with Crippen LogP contribution in [0.3, 0.4) is 0 Å². The van der Waals surface area contributed by atoms with Crippen LogP contribution in [0.25, 0.3) is 0 Å². The standard InChI is InChI=1S/C12H16N2O.C9H12/c15-12(11-7-4-8-13-11)14-9-10-5-2-1-3-6-10;1-8(2)9-6-4-3-5-7-9/h1-3,5-6,11,13H,4,7-9H2,(H,14,15);3-8H,1-2H3. The zero-order chi connectivity index (χ0) is 17.2. The van der Waals surface area contributed by atoms with Gasteiger partial charge in [0.1, 0.15) is 0 Å². The Bertz CT molecular complexity index is 590. The second-order valence-electron chi connectivity index (χ2n) is 6.42. The molecule has 1 fully saturated rings. The summed E-state index contributed by atoms with van der Waals surface area (Å²) in [5.41, 5.74) is 2.56. The molecule has 1 unspecified atom stereocenters. The number of hydrogen-bond acceptors (Lipinski definition) is 2. The summed E-state index contributed by atoms with van der Waals surface area (Å²) in [4.78, 5) is 11.6. The summed E-state index contributed by atoms with van der Waals surface area (Å²) < 4.78 is 0. The summed E-state index contributed by atoms with van der Waals surface area (Å²) in [6, 6.07) is 20.5. The normalized spacial score (nSPS) is 16.4. The van der Waals surface area contributed by atoms with E-state index in [-0.39, 0.29) is 11.9 Å². The first-order valence-corrected chi connectivity index (χ1v) is 8.77. The van der Waals surface area contributed by atoms with Crippen LogP contribution in [-0.4, -0.2) is 18.5 Å². The van der Waals surface area contributed by atoms with Crippen molar-refractivity contribution in [3.63, 3.8) is 0 Å². The number of benzene rings is 2. The highest BCUT2D eigenvalue weighted by Crippen LogP contribution is 2.11. The maximum Gasteiger partial charge on any atom is 0.237 e. The van der Waals surface area contributed by atoms with Crippen LogP contribution in [0.4, 0.5) is 0 Å². The van der Waals surface area contributed by atoms with Crippen LogP contribution in [-0.2, 0) is 11.3 Å². The largest absolute Gasteiger partial charge is 0.351 e. The monoisotopic (exact) mass is 324 g/mol. The number of carbonyl (C=O) groups is 1. The van der Waals surface area contributed by atoms with E-state index in [0.29, 0.717) is 12.5 Å². The van der Waals surface area contributed by atoms with Crippen molar-refractivity contribution in [1.82, 2.24) is 10.6 Å². The molecule has 0 aromatic heterocycles. The van der Waals surface area contributed by atoms with Gasteiger partial charge in [-0.2, -0.15) is 0 Å². The minimum atomic E-state index is 0.0220. The molecule has 1 aliphatic heterocycles. The van der Waals surface area contributed by atoms with Crippen LogP contribution in [0.15, 0.2) is 60.7 Å². The highest BCUT2D eigenvalue weighted by Gasteiger charge is 2.21. The Kier molecular flexibility index (Phi) is 7.50. The predicted molar refractivity (Wildman–Crippen MR) is 99.8 cm³/mol. The van der Waals surface area contributed by atoms with E-state index < -0.39 is 0 Å². The van der Waals surface area contributed by atoms with Gasteiger partial charge in [0.15, 0.2) is 0 Å². The Morgan fingerprint density at radius 1 is 1.08 bits per heavy atom. The van der Waals surface area contributed by atoms with Crippen molar-refractivity contribution in [3.8, 4) is 0 Å². The SMILES string of the molecule is CC(C)c1ccccc1.O=C(NCc1ccccc1)C1CCCN1. The third-order valence-corrected chi connectivity index (χ3v) is 4.15. The first kappa shape index (κ1) is 18.2. The summed E-state index contributed by atoms with van der Waals surface area (Å²) in [7, 11) is 0. The van der Waals surface area contributed by atoms with E-state index >= 15 is 0 Å². The molecule has 1 heterocycles. The van der Waals surface area contributed by atoms with Crippen molar-refractivity contribution in [3.05, 3.63) is 71.8 Å². The molecule has 2 aromatic carbocycles. The smallest absolute Gasteiger partial charge is 0.237 e. The van der Waals surface area contributed by atoms with Gasteiger partial charge in [-0.15, -0.1) is 0 Å². The molecular weight excluding hydrogens is 296 g/mol. The quantitative estimate of drug-likeness (QED) is 0.896. The lowest BCUT2D eigenvalue weighted by atomic mass is 10.0. The van der Waals surface area contributed by atoms with E-state index in [2.05, 4.69) is 48.7 Å². The zero-order valence-electron chi connectivity index (χ0n) is 14.7. The van der Waals surface area contributed by atoms with Gasteiger partial charge in [0.2, 0.25) is 5.91 Å². The number of amides is 1. The van der Waals surface area contributed by atoms with E-state index in [9.17, 15) is 4.79 Å². The molecule has 24 heavy (non-hydrogen) atoms. The fourth-order valence-electron chi connectivity index (χ4n) is 2.65. The molecule has 3 heteroatoms. The topological polar surface area (TPSA) is 41.1 Å². The molecule has 1 amide bonds. The molecular formula is C21H28N2O. The predicted octanol–water partition coefficient (Wildman–Crippen LogP) is 3.86. The van der Waals surface area contributed by atoms with Gasteiger partial charge in [0.25, 0.3) is 0 Å². The molecule has 0 saturated carbocycles. The van der Waals surface area contributed by atoms with Crippen molar-refractivity contribution in [2.45, 2.75) is 45.2 Å². The molecule has 3 rings (SSSR count). The summed E-state index contributed by atoms with van der Waals surface area (Å²) in [5, 5.41) is 6.12. The van der Waals surface area contributed by atoms with Gasteiger partial charge < -0.3 is 10.6 Å². The van der Waals surface area contributed by atoms with Crippen molar-refractivity contribution in [2.75, 3.05) is 6.54 Å². The first-order chi connectivity index (χ1) is 11.7. The summed E-state index contributed by atoms with van der Waals surface area (Å²) in [6.07, 6.45) is 2.06. The maximum atomic E-state index is 11.6. The first-order valence-electron chi connectivity index (χ1n) is 8.77. The fourth-order valence-corrected chi connectivity index (χ4v) is 2.65. The third kappa shape index (κ3) is 6.17. The van der Waals surface area contributed by atoms with Crippen molar-refractivity contribution < 1.29 is 4.79 Å². The summed E-state index contributed by atoms with van der Waals surface area (Å²) in [6.45, 7) is 5.99. The van der Waals surface area contributed by atoms with E-state index in [1.807, 2.05) is 36.4 Å². The number of carbonyl (C=O) groups excluding carboxylic acids is 1. The van der Waals surface area contributed by atoms with Crippen LogP contribution in [0.1, 0.15) is 43.7 Å². The molecule has 1 aliphatic rings. The molecule has 2 aromatic rings. The van der Waals surface area contributed by atoms with Gasteiger partial charge in [-0.3, -0.25) is 4.79 Å². The second-order valence-corrected chi connectivity index (χ2v) is 6.42. The highest BCUT2D eigenvalue weighted by atomic mass is 16.2. The average molecular weight is 324 g/mol. The van der Waals surface area contributed by atoms with Gasteiger partial charge in [-0.1, -0.05) is 74.5 Å². The molecule has 0 aliphatic carbocycles. The molecule has 128 valence electrons. The van der Waals surface area contributed by atoms with Crippen LogP contribution in [0, 0.1) is 0 Å². The zero-order valence-corrected chi connectivity index (χ0v) is 14.7. The number of nitrogens with one attached hydrogen (secondary N) is 2. The Morgan fingerprint density at radius 3 is 2.21 bits per heavy atom. The Labute approximate surface area is 145 Å². The molecule has 1 atom stereocenters. The average Bonchev–Trinajstić information content (AvgIpc) is 3.17. The lowest BCUT2D eigenvalue weighted by Gasteiger charge is -2.10. The van der Waals surface area contributed by atoms with E-state index in [4.69, 9.17) is 0 Å². The fraction of sp³-hybridized carbons (Fsp3) is 0.381. The Balaban J connectivity index is 0.000000198. The molecule has 0 spiro atoms. The van der Waals surface area contributed by atoms with Crippen LogP contribution in [0.5, 0.6) is 0 Å². The van der Waals surface area contributed by atoms with E-state index in [1.54, 1.807) is 0 Å². The van der Waals surface area contributed by atoms with Crippen LogP contribution in [0.2, 0.25) is 0 Å². The Morgan fingerprint density at radius 2 is 1.71 bits per heavy atom. The maximum absolute atomic E-state index is 11.6. The van der Waals surface area contributed by atoms with Crippen molar-refractivity contribution in [2.24, 2.45) is 0 Å². The van der Waals surface area contributed by atoms with Gasteiger partial charge in [0, 0.05) is 6.54 Å². The lowest BCUT2D eigenvalue weighted by molar-refractivity contribution is -0.122. The minimum Gasteiger partial charge on any atom is -0.351 e. The summed E-state index contributed by atoms with van der Waals surface area (Å²) in [5.74, 6) is 0.780. The second kappa shape index (κ2) is 9.89. The highest BCUT2D eigenvalue weighted by molar-refractivity contribution is 5.81. The minimum absolute atomic E-state index is 0.0220. The van der Waals surface area contributed by atoms with Gasteiger partial charge in [0.05, 0.1) is 6.04 Å². The summed E-state index contributed by atoms with van der Waals surface area (Å²) >= 11 is 0. The molecule has 2 N–H and O–H groups in total. The van der Waals surface area contributed by atoms with Crippen LogP contribution < -0.4 is 10.6 Å². The molecule has 0 bridgehead atoms. The van der Waals surface area contributed by atoms with Crippen molar-refractivity contribution >= 4 is 5.91 Å². The Hall–Kier alpha value is -2.13. The van der Waals surface area contributed by atoms with E-state index in [1.165, 1.54) is 5.56 Å². The third-order valence-electron chi connectivity index (χ3n) is 4.15.